The molecule has 3 aromatic rings. The Morgan fingerprint density at radius 3 is 2.34 bits per heavy atom. The third-order valence-electron chi connectivity index (χ3n) is 6.89. The number of hydrogen-bond donors (Lipinski definition) is 1. The molecule has 2 heterocycles. The molecule has 0 bridgehead atoms. The zero-order valence-corrected chi connectivity index (χ0v) is 20.4. The van der Waals surface area contributed by atoms with Gasteiger partial charge in [0.05, 0.1) is 11.5 Å². The molecule has 35 heavy (non-hydrogen) atoms. The van der Waals surface area contributed by atoms with Crippen LogP contribution in [0.1, 0.15) is 40.2 Å². The third-order valence-corrected chi connectivity index (χ3v) is 7.38. The maximum Gasteiger partial charge on any atom is 0.573 e. The molecule has 1 atom stereocenters. The van der Waals surface area contributed by atoms with E-state index in [0.717, 1.165) is 42.6 Å². The van der Waals surface area contributed by atoms with Crippen LogP contribution in [0.5, 0.6) is 5.75 Å². The van der Waals surface area contributed by atoms with E-state index in [1.54, 1.807) is 18.2 Å². The Morgan fingerprint density at radius 2 is 1.69 bits per heavy atom. The van der Waals surface area contributed by atoms with Crippen molar-refractivity contribution in [3.8, 4) is 5.75 Å². The van der Waals surface area contributed by atoms with Crippen LogP contribution in [0.3, 0.4) is 0 Å². The fourth-order valence-electron chi connectivity index (χ4n) is 5.28. The SMILES string of the molecule is O=C1c2ccc(Br)cc2NC2(CCN(Cc3ccccc3)CC2)C1c1ccc(OC(F)(F)F)cc1. The van der Waals surface area contributed by atoms with Gasteiger partial charge in [-0.1, -0.05) is 58.4 Å². The summed E-state index contributed by atoms with van der Waals surface area (Å²) >= 11 is 3.50. The number of carbonyl (C=O) groups excluding carboxylic acids is 1. The molecule has 1 N–H and O–H groups in total. The first kappa shape index (κ1) is 23.9. The second kappa shape index (κ2) is 9.32. The maximum absolute atomic E-state index is 13.8. The topological polar surface area (TPSA) is 41.6 Å². The standard InChI is InChI=1S/C27H24BrF3N2O2/c28-20-8-11-22-23(16-20)32-26(12-14-33(15-13-26)17-18-4-2-1-3-5-18)24(25(22)34)19-6-9-21(10-7-19)35-27(29,30)31/h1-11,16,24,32H,12-15,17H2. The number of rotatable bonds is 4. The number of ketones is 1. The van der Waals surface area contributed by atoms with Crippen molar-refractivity contribution in [2.75, 3.05) is 18.4 Å². The monoisotopic (exact) mass is 544 g/mol. The molecular weight excluding hydrogens is 521 g/mol. The highest BCUT2D eigenvalue weighted by atomic mass is 79.9. The van der Waals surface area contributed by atoms with E-state index in [1.165, 1.54) is 17.7 Å². The van der Waals surface area contributed by atoms with Gasteiger partial charge in [-0.3, -0.25) is 9.69 Å². The van der Waals surface area contributed by atoms with E-state index in [2.05, 4.69) is 43.0 Å². The number of nitrogens with zero attached hydrogens (tertiary/aromatic N) is 1. The molecule has 2 aliphatic rings. The molecule has 0 amide bonds. The molecule has 3 aromatic carbocycles. The number of alkyl halides is 3. The minimum Gasteiger partial charge on any atom is -0.406 e. The Hall–Kier alpha value is -2.84. The number of fused-ring (bicyclic) bond motifs is 1. The van der Waals surface area contributed by atoms with E-state index in [4.69, 9.17) is 0 Å². The molecule has 4 nitrogen and oxygen atoms in total. The van der Waals surface area contributed by atoms with Crippen molar-refractivity contribution in [3.63, 3.8) is 0 Å². The van der Waals surface area contributed by atoms with Gasteiger partial charge in [-0.05, 0) is 54.3 Å². The van der Waals surface area contributed by atoms with Gasteiger partial charge >= 0.3 is 6.36 Å². The predicted octanol–water partition coefficient (Wildman–Crippen LogP) is 6.77. The number of halogens is 4. The largest absolute Gasteiger partial charge is 0.573 e. The molecule has 1 unspecified atom stereocenters. The molecule has 1 fully saturated rings. The summed E-state index contributed by atoms with van der Waals surface area (Å²) in [4.78, 5) is 16.2. The van der Waals surface area contributed by atoms with Crippen molar-refractivity contribution >= 4 is 27.4 Å². The summed E-state index contributed by atoms with van der Waals surface area (Å²) in [5, 5.41) is 3.68. The summed E-state index contributed by atoms with van der Waals surface area (Å²) in [6, 6.07) is 21.5. The van der Waals surface area contributed by atoms with Crippen LogP contribution in [0.4, 0.5) is 18.9 Å². The number of nitrogens with one attached hydrogen (secondary N) is 1. The van der Waals surface area contributed by atoms with E-state index in [-0.39, 0.29) is 11.5 Å². The smallest absolute Gasteiger partial charge is 0.406 e. The van der Waals surface area contributed by atoms with Crippen molar-refractivity contribution in [2.24, 2.45) is 0 Å². The average molecular weight is 545 g/mol. The maximum atomic E-state index is 13.8. The lowest BCUT2D eigenvalue weighted by Crippen LogP contribution is -2.56. The quantitative estimate of drug-likeness (QED) is 0.393. The first-order chi connectivity index (χ1) is 16.7. The highest BCUT2D eigenvalue weighted by Crippen LogP contribution is 2.47. The van der Waals surface area contributed by atoms with Crippen LogP contribution in [-0.4, -0.2) is 35.7 Å². The second-order valence-electron chi connectivity index (χ2n) is 9.15. The average Bonchev–Trinajstić information content (AvgIpc) is 2.81. The number of benzene rings is 3. The molecule has 0 aliphatic carbocycles. The van der Waals surface area contributed by atoms with Gasteiger partial charge in [0.15, 0.2) is 5.78 Å². The molecule has 8 heteroatoms. The molecule has 0 radical (unpaired) electrons. The summed E-state index contributed by atoms with van der Waals surface area (Å²) in [5.74, 6) is -0.837. The number of anilines is 1. The van der Waals surface area contributed by atoms with E-state index in [9.17, 15) is 18.0 Å². The van der Waals surface area contributed by atoms with E-state index < -0.39 is 17.8 Å². The van der Waals surface area contributed by atoms with Crippen LogP contribution in [0, 0.1) is 0 Å². The molecule has 1 saturated heterocycles. The van der Waals surface area contributed by atoms with E-state index in [1.807, 2.05) is 30.3 Å². The van der Waals surface area contributed by atoms with Gasteiger partial charge in [0.25, 0.3) is 0 Å². The molecule has 1 spiro atoms. The number of Topliss-reactive ketones (excluding diaryl/α,β-unsaturated/α-hetero) is 1. The molecule has 182 valence electrons. The van der Waals surface area contributed by atoms with Crippen LogP contribution < -0.4 is 10.1 Å². The van der Waals surface area contributed by atoms with E-state index >= 15 is 0 Å². The zero-order valence-electron chi connectivity index (χ0n) is 18.8. The Balaban J connectivity index is 1.45. The fraction of sp³-hybridized carbons (Fsp3) is 0.296. The van der Waals surface area contributed by atoms with Crippen molar-refractivity contribution in [1.29, 1.82) is 0 Å². The van der Waals surface area contributed by atoms with Gasteiger partial charge < -0.3 is 10.1 Å². The van der Waals surface area contributed by atoms with Gasteiger partial charge in [-0.25, -0.2) is 0 Å². The second-order valence-corrected chi connectivity index (χ2v) is 10.1. The number of ether oxygens (including phenoxy) is 1. The van der Waals surface area contributed by atoms with Crippen LogP contribution in [0.25, 0.3) is 0 Å². The summed E-state index contributed by atoms with van der Waals surface area (Å²) < 4.78 is 42.8. The summed E-state index contributed by atoms with van der Waals surface area (Å²) in [7, 11) is 0. The summed E-state index contributed by atoms with van der Waals surface area (Å²) in [6.45, 7) is 2.43. The first-order valence-corrected chi connectivity index (χ1v) is 12.3. The van der Waals surface area contributed by atoms with Gasteiger partial charge in [0.2, 0.25) is 0 Å². The minimum atomic E-state index is -4.76. The Labute approximate surface area is 210 Å². The highest BCUT2D eigenvalue weighted by molar-refractivity contribution is 9.10. The minimum absolute atomic E-state index is 0.0211. The summed E-state index contributed by atoms with van der Waals surface area (Å²) in [6.07, 6.45) is -3.31. The van der Waals surface area contributed by atoms with Gasteiger partial charge in [-0.2, -0.15) is 0 Å². The number of carbonyl (C=O) groups is 1. The molecule has 0 aromatic heterocycles. The predicted molar refractivity (Wildman–Crippen MR) is 132 cm³/mol. The molecule has 2 aliphatic heterocycles. The zero-order chi connectivity index (χ0) is 24.6. The van der Waals surface area contributed by atoms with Crippen molar-refractivity contribution < 1.29 is 22.7 Å². The Kier molecular flexibility index (Phi) is 6.36. The normalized spacial score (nSPS) is 19.8. The van der Waals surface area contributed by atoms with Crippen LogP contribution >= 0.6 is 15.9 Å². The molecular formula is C27H24BrF3N2O2. The van der Waals surface area contributed by atoms with Crippen LogP contribution in [0.15, 0.2) is 77.3 Å². The Morgan fingerprint density at radius 1 is 1.00 bits per heavy atom. The van der Waals surface area contributed by atoms with Gasteiger partial charge in [0, 0.05) is 35.4 Å². The van der Waals surface area contributed by atoms with Gasteiger partial charge in [-0.15, -0.1) is 13.2 Å². The lowest BCUT2D eigenvalue weighted by Gasteiger charge is -2.50. The fourth-order valence-corrected chi connectivity index (χ4v) is 5.64. The number of piperidine rings is 1. The lowest BCUT2D eigenvalue weighted by molar-refractivity contribution is -0.274. The van der Waals surface area contributed by atoms with Crippen LogP contribution in [-0.2, 0) is 6.54 Å². The Bertz CT molecular complexity index is 1210. The van der Waals surface area contributed by atoms with Crippen molar-refractivity contribution in [1.82, 2.24) is 4.90 Å². The highest BCUT2D eigenvalue weighted by Gasteiger charge is 2.49. The number of hydrogen-bond acceptors (Lipinski definition) is 4. The summed E-state index contributed by atoms with van der Waals surface area (Å²) in [5.41, 5.74) is 2.76. The lowest BCUT2D eigenvalue weighted by atomic mass is 9.67. The first-order valence-electron chi connectivity index (χ1n) is 11.5. The molecule has 0 saturated carbocycles. The van der Waals surface area contributed by atoms with Crippen molar-refractivity contribution in [2.45, 2.75) is 37.2 Å². The third kappa shape index (κ3) is 5.09. The van der Waals surface area contributed by atoms with E-state index in [0.29, 0.717) is 11.1 Å². The van der Waals surface area contributed by atoms with Crippen molar-refractivity contribution in [3.05, 3.63) is 94.0 Å². The number of likely N-dealkylation sites (tertiary alicyclic amines) is 1. The van der Waals surface area contributed by atoms with Crippen LogP contribution in [0.2, 0.25) is 0 Å². The molecule has 5 rings (SSSR count). The van der Waals surface area contributed by atoms with Gasteiger partial charge in [0.1, 0.15) is 5.75 Å².